The van der Waals surface area contributed by atoms with Gasteiger partial charge in [-0.1, -0.05) is 20.3 Å². The maximum atomic E-state index is 5.46. The zero-order valence-electron chi connectivity index (χ0n) is 9.06. The Morgan fingerprint density at radius 1 is 1.46 bits per heavy atom. The van der Waals surface area contributed by atoms with Crippen molar-refractivity contribution in [2.24, 2.45) is 11.8 Å². The summed E-state index contributed by atoms with van der Waals surface area (Å²) >= 11 is 0. The first-order valence-corrected chi connectivity index (χ1v) is 5.10. The lowest BCUT2D eigenvalue weighted by atomic mass is 9.97. The molecule has 2 unspecified atom stereocenters. The van der Waals surface area contributed by atoms with E-state index in [4.69, 9.17) is 5.84 Å². The van der Waals surface area contributed by atoms with Gasteiger partial charge in [-0.25, -0.2) is 0 Å². The molecule has 0 saturated carbocycles. The first kappa shape index (κ1) is 12.5. The van der Waals surface area contributed by atoms with Crippen molar-refractivity contribution in [1.29, 1.82) is 0 Å². The highest BCUT2D eigenvalue weighted by Gasteiger charge is 2.09. The van der Waals surface area contributed by atoms with Gasteiger partial charge in [0.05, 0.1) is 0 Å². The highest BCUT2D eigenvalue weighted by atomic mass is 15.2. The van der Waals surface area contributed by atoms with Crippen molar-refractivity contribution in [1.82, 2.24) is 5.43 Å². The number of nitrogens with two attached hydrogens (primary N) is 1. The van der Waals surface area contributed by atoms with Gasteiger partial charge < -0.3 is 0 Å². The van der Waals surface area contributed by atoms with Gasteiger partial charge in [-0.05, 0) is 25.7 Å². The summed E-state index contributed by atoms with van der Waals surface area (Å²) in [5.41, 5.74) is 2.86. The van der Waals surface area contributed by atoms with E-state index >= 15 is 0 Å². The Bertz CT molecular complexity index is 167. The van der Waals surface area contributed by atoms with Crippen molar-refractivity contribution in [3.8, 4) is 11.8 Å². The van der Waals surface area contributed by atoms with E-state index in [0.717, 1.165) is 25.2 Å². The third-order valence-corrected chi connectivity index (χ3v) is 2.41. The van der Waals surface area contributed by atoms with Crippen LogP contribution >= 0.6 is 0 Å². The average Bonchev–Trinajstić information content (AvgIpc) is 2.16. The van der Waals surface area contributed by atoms with Crippen molar-refractivity contribution in [3.63, 3.8) is 0 Å². The zero-order valence-corrected chi connectivity index (χ0v) is 9.06. The van der Waals surface area contributed by atoms with Gasteiger partial charge in [-0.3, -0.25) is 11.3 Å². The molecule has 0 aliphatic heterocycles. The van der Waals surface area contributed by atoms with E-state index in [2.05, 4.69) is 31.1 Å². The third kappa shape index (κ3) is 6.62. The summed E-state index contributed by atoms with van der Waals surface area (Å²) in [5, 5.41) is 0. The molecule has 0 bridgehead atoms. The smallest absolute Gasteiger partial charge is 0.0222 e. The Kier molecular flexibility index (Phi) is 7.77. The van der Waals surface area contributed by atoms with Gasteiger partial charge >= 0.3 is 0 Å². The highest BCUT2D eigenvalue weighted by Crippen LogP contribution is 2.12. The topological polar surface area (TPSA) is 38.0 Å². The minimum absolute atomic E-state index is 0.427. The van der Waals surface area contributed by atoms with Crippen molar-refractivity contribution in [2.45, 2.75) is 52.5 Å². The molecule has 0 aliphatic carbocycles. The lowest BCUT2D eigenvalue weighted by Crippen LogP contribution is -2.36. The highest BCUT2D eigenvalue weighted by molar-refractivity contribution is 4.95. The van der Waals surface area contributed by atoms with E-state index in [1.54, 1.807) is 0 Å². The van der Waals surface area contributed by atoms with E-state index in [-0.39, 0.29) is 0 Å². The standard InChI is InChI=1S/C11H22N2/c1-4-6-7-8-11(13-12)9-10(3)5-2/h10-11,13H,5,7-9,12H2,1-3H3. The van der Waals surface area contributed by atoms with Crippen LogP contribution in [0.4, 0.5) is 0 Å². The number of hydrogen-bond acceptors (Lipinski definition) is 2. The monoisotopic (exact) mass is 182 g/mol. The molecule has 2 atom stereocenters. The summed E-state index contributed by atoms with van der Waals surface area (Å²) < 4.78 is 0. The largest absolute Gasteiger partial charge is 0.271 e. The molecule has 0 spiro atoms. The van der Waals surface area contributed by atoms with Crippen LogP contribution < -0.4 is 11.3 Å². The van der Waals surface area contributed by atoms with Gasteiger partial charge in [0.15, 0.2) is 0 Å². The second-order valence-electron chi connectivity index (χ2n) is 3.58. The maximum Gasteiger partial charge on any atom is 0.0222 e. The molecule has 0 saturated heterocycles. The van der Waals surface area contributed by atoms with Gasteiger partial charge in [-0.15, -0.1) is 11.8 Å². The fourth-order valence-electron chi connectivity index (χ4n) is 1.29. The molecule has 0 radical (unpaired) electrons. The molecule has 0 aromatic rings. The van der Waals surface area contributed by atoms with Crippen LogP contribution in [-0.2, 0) is 0 Å². The van der Waals surface area contributed by atoms with Gasteiger partial charge in [0.25, 0.3) is 0 Å². The van der Waals surface area contributed by atoms with E-state index in [0.29, 0.717) is 6.04 Å². The summed E-state index contributed by atoms with van der Waals surface area (Å²) in [7, 11) is 0. The molecule has 0 rings (SSSR count). The Morgan fingerprint density at radius 2 is 2.15 bits per heavy atom. The van der Waals surface area contributed by atoms with Crippen LogP contribution in [0.3, 0.4) is 0 Å². The fourth-order valence-corrected chi connectivity index (χ4v) is 1.29. The molecule has 2 heteroatoms. The zero-order chi connectivity index (χ0) is 10.1. The van der Waals surface area contributed by atoms with Crippen LogP contribution in [0.1, 0.15) is 46.5 Å². The summed E-state index contributed by atoms with van der Waals surface area (Å²) in [6.45, 7) is 6.35. The van der Waals surface area contributed by atoms with Crippen molar-refractivity contribution >= 4 is 0 Å². The molecule has 0 aromatic heterocycles. The average molecular weight is 182 g/mol. The molecular formula is C11H22N2. The summed E-state index contributed by atoms with van der Waals surface area (Å²) in [4.78, 5) is 0. The SMILES string of the molecule is CC#CCCC(CC(C)CC)NN. The number of hydrogen-bond donors (Lipinski definition) is 2. The van der Waals surface area contributed by atoms with Crippen LogP contribution in [0.25, 0.3) is 0 Å². The predicted molar refractivity (Wildman–Crippen MR) is 57.9 cm³/mol. The fraction of sp³-hybridized carbons (Fsp3) is 0.818. The molecule has 0 heterocycles. The molecule has 76 valence electrons. The molecule has 0 aromatic carbocycles. The molecule has 0 amide bonds. The van der Waals surface area contributed by atoms with E-state index in [9.17, 15) is 0 Å². The first-order valence-electron chi connectivity index (χ1n) is 5.10. The van der Waals surface area contributed by atoms with Crippen LogP contribution in [0, 0.1) is 17.8 Å². The maximum absolute atomic E-state index is 5.46. The molecular weight excluding hydrogens is 160 g/mol. The van der Waals surface area contributed by atoms with Crippen LogP contribution in [-0.4, -0.2) is 6.04 Å². The summed E-state index contributed by atoms with van der Waals surface area (Å²) in [6, 6.07) is 0.427. The molecule has 0 aliphatic rings. The van der Waals surface area contributed by atoms with Crippen molar-refractivity contribution in [2.75, 3.05) is 0 Å². The minimum atomic E-state index is 0.427. The third-order valence-electron chi connectivity index (χ3n) is 2.41. The Labute approximate surface area is 82.2 Å². The normalized spacial score (nSPS) is 14.5. The van der Waals surface area contributed by atoms with Crippen molar-refractivity contribution in [3.05, 3.63) is 0 Å². The van der Waals surface area contributed by atoms with Gasteiger partial charge in [0, 0.05) is 12.5 Å². The second-order valence-corrected chi connectivity index (χ2v) is 3.58. The number of nitrogens with one attached hydrogen (secondary N) is 1. The lowest BCUT2D eigenvalue weighted by molar-refractivity contribution is 0.384. The predicted octanol–water partition coefficient (Wildman–Crippen LogP) is 2.06. The molecule has 2 nitrogen and oxygen atoms in total. The first-order chi connectivity index (χ1) is 6.24. The molecule has 13 heavy (non-hydrogen) atoms. The quantitative estimate of drug-likeness (QED) is 0.375. The Balaban J connectivity index is 3.66. The number of rotatable bonds is 6. The second kappa shape index (κ2) is 8.10. The molecule has 3 N–H and O–H groups in total. The molecule has 0 fully saturated rings. The van der Waals surface area contributed by atoms with Gasteiger partial charge in [0.1, 0.15) is 0 Å². The van der Waals surface area contributed by atoms with Crippen LogP contribution in [0.5, 0.6) is 0 Å². The number of hydrazine groups is 1. The van der Waals surface area contributed by atoms with Crippen molar-refractivity contribution < 1.29 is 0 Å². The minimum Gasteiger partial charge on any atom is -0.271 e. The van der Waals surface area contributed by atoms with E-state index in [1.165, 1.54) is 6.42 Å². The Morgan fingerprint density at radius 3 is 2.62 bits per heavy atom. The van der Waals surface area contributed by atoms with Crippen LogP contribution in [0.2, 0.25) is 0 Å². The lowest BCUT2D eigenvalue weighted by Gasteiger charge is -2.18. The summed E-state index contributed by atoms with van der Waals surface area (Å²) in [6.07, 6.45) is 4.37. The van der Waals surface area contributed by atoms with E-state index < -0.39 is 0 Å². The van der Waals surface area contributed by atoms with E-state index in [1.807, 2.05) is 6.92 Å². The van der Waals surface area contributed by atoms with Crippen LogP contribution in [0.15, 0.2) is 0 Å². The van der Waals surface area contributed by atoms with Gasteiger partial charge in [-0.2, -0.15) is 0 Å². The summed E-state index contributed by atoms with van der Waals surface area (Å²) in [5.74, 6) is 12.2. The Hall–Kier alpha value is -0.520. The van der Waals surface area contributed by atoms with Gasteiger partial charge in [0.2, 0.25) is 0 Å².